The molecule has 0 radical (unpaired) electrons. The van der Waals surface area contributed by atoms with E-state index in [0.29, 0.717) is 0 Å². The molecule has 1 heterocycles. The summed E-state index contributed by atoms with van der Waals surface area (Å²) >= 11 is 0. The maximum atomic E-state index is 11.3. The highest BCUT2D eigenvalue weighted by molar-refractivity contribution is 5.96. The maximum Gasteiger partial charge on any atom is 0.505 e. The molecule has 0 saturated carbocycles. The van der Waals surface area contributed by atoms with E-state index in [4.69, 9.17) is 0 Å². The average Bonchev–Trinajstić information content (AvgIpc) is 2.67. The van der Waals surface area contributed by atoms with Crippen LogP contribution in [0.1, 0.15) is 29.0 Å². The Morgan fingerprint density at radius 3 is 2.44 bits per heavy atom. The SMILES string of the molecule is O=C1CCC([N+](=O)[O-])([N+](=O)[O-])c2n[nH]nc21. The molecule has 16 heavy (non-hydrogen) atoms. The van der Waals surface area contributed by atoms with Crippen LogP contribution in [-0.2, 0) is 5.66 Å². The Kier molecular flexibility index (Phi) is 1.93. The Labute approximate surface area is 86.9 Å². The van der Waals surface area contributed by atoms with Crippen LogP contribution in [0.15, 0.2) is 0 Å². The molecule has 0 unspecified atom stereocenters. The molecule has 0 atom stereocenters. The predicted molar refractivity (Wildman–Crippen MR) is 45.6 cm³/mol. The van der Waals surface area contributed by atoms with Gasteiger partial charge < -0.3 is 0 Å². The summed E-state index contributed by atoms with van der Waals surface area (Å²) in [7, 11) is 0. The van der Waals surface area contributed by atoms with Crippen LogP contribution >= 0.6 is 0 Å². The fourth-order valence-electron chi connectivity index (χ4n) is 1.65. The molecule has 10 nitrogen and oxygen atoms in total. The molecular formula is C6H5N5O5. The van der Waals surface area contributed by atoms with Crippen LogP contribution in [0.2, 0.25) is 0 Å². The largest absolute Gasteiger partial charge is 0.505 e. The molecule has 84 valence electrons. The lowest BCUT2D eigenvalue weighted by Gasteiger charge is -2.18. The number of aromatic nitrogens is 3. The number of ketones is 1. The van der Waals surface area contributed by atoms with Gasteiger partial charge in [-0.15, -0.1) is 5.10 Å². The summed E-state index contributed by atoms with van der Waals surface area (Å²) in [6.45, 7) is 0. The van der Waals surface area contributed by atoms with Crippen molar-refractivity contribution >= 4 is 5.78 Å². The van der Waals surface area contributed by atoms with E-state index in [1.807, 2.05) is 5.21 Å². The molecule has 0 bridgehead atoms. The third-order valence-electron chi connectivity index (χ3n) is 2.50. The molecule has 10 heteroatoms. The van der Waals surface area contributed by atoms with Crippen molar-refractivity contribution in [1.29, 1.82) is 0 Å². The van der Waals surface area contributed by atoms with Gasteiger partial charge >= 0.3 is 5.66 Å². The number of H-pyrrole nitrogens is 1. The minimum atomic E-state index is -2.56. The van der Waals surface area contributed by atoms with E-state index in [1.165, 1.54) is 0 Å². The Hall–Kier alpha value is -2.39. The first-order chi connectivity index (χ1) is 7.50. The Bertz CT molecular complexity index is 479. The van der Waals surface area contributed by atoms with E-state index in [2.05, 4.69) is 10.2 Å². The second kappa shape index (κ2) is 3.05. The van der Waals surface area contributed by atoms with E-state index in [0.717, 1.165) is 0 Å². The zero-order valence-electron chi connectivity index (χ0n) is 7.74. The monoisotopic (exact) mass is 227 g/mol. The molecule has 0 aliphatic heterocycles. The lowest BCUT2D eigenvalue weighted by atomic mass is 9.90. The van der Waals surface area contributed by atoms with Gasteiger partial charge in [0, 0.05) is 6.42 Å². The molecule has 1 aromatic heterocycles. The summed E-state index contributed by atoms with van der Waals surface area (Å²) in [5.41, 5.74) is -3.39. The lowest BCUT2D eigenvalue weighted by molar-refractivity contribution is -0.812. The van der Waals surface area contributed by atoms with Gasteiger partial charge in [-0.25, -0.2) is 0 Å². The summed E-state index contributed by atoms with van der Waals surface area (Å²) in [6.07, 6.45) is -0.799. The van der Waals surface area contributed by atoms with Gasteiger partial charge in [-0.2, -0.15) is 10.3 Å². The third kappa shape index (κ3) is 1.03. The van der Waals surface area contributed by atoms with Crippen LogP contribution in [0, 0.1) is 20.2 Å². The Morgan fingerprint density at radius 2 is 1.88 bits per heavy atom. The number of rotatable bonds is 2. The van der Waals surface area contributed by atoms with Crippen molar-refractivity contribution in [2.45, 2.75) is 18.5 Å². The van der Waals surface area contributed by atoms with Gasteiger partial charge in [-0.05, 0) is 0 Å². The smallest absolute Gasteiger partial charge is 0.292 e. The topological polar surface area (TPSA) is 145 Å². The quantitative estimate of drug-likeness (QED) is 0.406. The molecule has 0 fully saturated rings. The van der Waals surface area contributed by atoms with Crippen LogP contribution < -0.4 is 0 Å². The van der Waals surface area contributed by atoms with Crippen molar-refractivity contribution in [3.05, 3.63) is 31.6 Å². The normalized spacial score (nSPS) is 17.9. The standard InChI is InChI=1S/C6H5N5O5/c12-3-1-2-6(10(13)14,11(15)16)5-4(3)7-9-8-5/h1-2H2,(H,7,8,9). The zero-order chi connectivity index (χ0) is 11.9. The number of aromatic amines is 1. The van der Waals surface area contributed by atoms with Crippen molar-refractivity contribution in [2.24, 2.45) is 0 Å². The number of hydrogen-bond acceptors (Lipinski definition) is 7. The molecule has 1 aliphatic carbocycles. The average molecular weight is 227 g/mol. The molecule has 0 amide bonds. The first-order valence-electron chi connectivity index (χ1n) is 4.23. The van der Waals surface area contributed by atoms with E-state index in [-0.39, 0.29) is 12.1 Å². The first kappa shape index (κ1) is 10.1. The highest BCUT2D eigenvalue weighted by atomic mass is 16.7. The van der Waals surface area contributed by atoms with Gasteiger partial charge in [-0.3, -0.25) is 25.0 Å². The number of Topliss-reactive ketones (excluding diaryl/α,β-unsaturated/α-hetero) is 1. The lowest BCUT2D eigenvalue weighted by Crippen LogP contribution is -2.47. The minimum Gasteiger partial charge on any atom is -0.292 e. The van der Waals surface area contributed by atoms with Gasteiger partial charge in [0.2, 0.25) is 5.69 Å². The highest BCUT2D eigenvalue weighted by Crippen LogP contribution is 2.35. The Morgan fingerprint density at radius 1 is 1.25 bits per heavy atom. The van der Waals surface area contributed by atoms with Crippen LogP contribution in [0.3, 0.4) is 0 Å². The minimum absolute atomic E-state index is 0.290. The summed E-state index contributed by atoms with van der Waals surface area (Å²) < 4.78 is 0. The zero-order valence-corrected chi connectivity index (χ0v) is 7.74. The van der Waals surface area contributed by atoms with E-state index in [9.17, 15) is 25.0 Å². The van der Waals surface area contributed by atoms with Crippen molar-refractivity contribution in [3.8, 4) is 0 Å². The van der Waals surface area contributed by atoms with Crippen LogP contribution in [0.5, 0.6) is 0 Å². The van der Waals surface area contributed by atoms with Gasteiger partial charge in [0.15, 0.2) is 11.5 Å². The van der Waals surface area contributed by atoms with Crippen LogP contribution in [0.4, 0.5) is 0 Å². The van der Waals surface area contributed by atoms with E-state index >= 15 is 0 Å². The highest BCUT2D eigenvalue weighted by Gasteiger charge is 2.64. The number of carbonyl (C=O) groups excluding carboxylic acids is 1. The molecular weight excluding hydrogens is 222 g/mol. The Balaban J connectivity index is 2.69. The van der Waals surface area contributed by atoms with Crippen LogP contribution in [0.25, 0.3) is 0 Å². The fraction of sp³-hybridized carbons (Fsp3) is 0.500. The second-order valence-corrected chi connectivity index (χ2v) is 3.27. The third-order valence-corrected chi connectivity index (χ3v) is 2.50. The van der Waals surface area contributed by atoms with E-state index < -0.39 is 33.4 Å². The summed E-state index contributed by atoms with van der Waals surface area (Å²) in [5.74, 6) is -0.483. The maximum absolute atomic E-state index is 11.3. The molecule has 2 rings (SSSR count). The van der Waals surface area contributed by atoms with Crippen molar-refractivity contribution < 1.29 is 14.6 Å². The van der Waals surface area contributed by atoms with E-state index in [1.54, 1.807) is 0 Å². The van der Waals surface area contributed by atoms with Crippen molar-refractivity contribution in [1.82, 2.24) is 15.4 Å². The van der Waals surface area contributed by atoms with Gasteiger partial charge in [-0.1, -0.05) is 0 Å². The number of fused-ring (bicyclic) bond motifs is 1. The molecule has 0 spiro atoms. The molecule has 0 aromatic carbocycles. The fourth-order valence-corrected chi connectivity index (χ4v) is 1.65. The number of hydrogen-bond donors (Lipinski definition) is 1. The number of carbonyl (C=O) groups is 1. The summed E-state index contributed by atoms with van der Waals surface area (Å²) in [5, 5.41) is 30.5. The van der Waals surface area contributed by atoms with Crippen molar-refractivity contribution in [3.63, 3.8) is 0 Å². The number of nitrogens with one attached hydrogen (secondary N) is 1. The van der Waals surface area contributed by atoms with Crippen LogP contribution in [-0.4, -0.2) is 31.0 Å². The summed E-state index contributed by atoms with van der Waals surface area (Å²) in [6, 6.07) is 0. The van der Waals surface area contributed by atoms with Gasteiger partial charge in [0.25, 0.3) is 0 Å². The molecule has 1 aliphatic rings. The molecule has 1 N–H and O–H groups in total. The van der Waals surface area contributed by atoms with Gasteiger partial charge in [0.05, 0.1) is 0 Å². The first-order valence-corrected chi connectivity index (χ1v) is 4.23. The number of nitro groups is 2. The number of nitrogens with zero attached hydrogens (tertiary/aromatic N) is 4. The second-order valence-electron chi connectivity index (χ2n) is 3.27. The van der Waals surface area contributed by atoms with Crippen molar-refractivity contribution in [2.75, 3.05) is 0 Å². The summed E-state index contributed by atoms with van der Waals surface area (Å²) in [4.78, 5) is 30.9. The predicted octanol–water partition coefficient (Wildman–Crippen LogP) is -0.513. The molecule has 1 aromatic rings. The molecule has 0 saturated heterocycles. The van der Waals surface area contributed by atoms with Gasteiger partial charge in [0.1, 0.15) is 16.3 Å².